The summed E-state index contributed by atoms with van der Waals surface area (Å²) in [6, 6.07) is 8.54. The zero-order valence-electron chi connectivity index (χ0n) is 14.8. The van der Waals surface area contributed by atoms with Gasteiger partial charge in [-0.15, -0.1) is 0 Å². The highest BCUT2D eigenvalue weighted by Crippen LogP contribution is 2.42. The molecule has 1 aliphatic carbocycles. The molecule has 0 bridgehead atoms. The lowest BCUT2D eigenvalue weighted by atomic mass is 10.2. The van der Waals surface area contributed by atoms with Gasteiger partial charge in [-0.05, 0) is 49.7 Å². The van der Waals surface area contributed by atoms with Crippen LogP contribution in [-0.2, 0) is 12.7 Å². The van der Waals surface area contributed by atoms with Crippen LogP contribution in [0, 0.1) is 0 Å². The summed E-state index contributed by atoms with van der Waals surface area (Å²) in [6.07, 6.45) is -1.94. The molecule has 0 atom stereocenters. The van der Waals surface area contributed by atoms with E-state index in [9.17, 15) is 13.2 Å². The van der Waals surface area contributed by atoms with Crippen molar-refractivity contribution in [3.63, 3.8) is 0 Å². The molecule has 1 aromatic heterocycles. The predicted molar refractivity (Wildman–Crippen MR) is 101 cm³/mol. The lowest BCUT2D eigenvalue weighted by molar-refractivity contribution is -0.141. The van der Waals surface area contributed by atoms with Crippen LogP contribution in [0.2, 0.25) is 0 Å². The van der Waals surface area contributed by atoms with Gasteiger partial charge in [0, 0.05) is 36.5 Å². The van der Waals surface area contributed by atoms with Crippen LogP contribution in [0.4, 0.5) is 18.9 Å². The Morgan fingerprint density at radius 2 is 2.11 bits per heavy atom. The van der Waals surface area contributed by atoms with Crippen LogP contribution in [0.1, 0.15) is 36.6 Å². The summed E-state index contributed by atoms with van der Waals surface area (Å²) < 4.78 is 45.3. The highest BCUT2D eigenvalue weighted by atomic mass is 32.1. The number of benzene rings is 1. The number of halogens is 3. The van der Waals surface area contributed by atoms with Gasteiger partial charge in [0.2, 0.25) is 0 Å². The molecule has 0 saturated heterocycles. The van der Waals surface area contributed by atoms with Gasteiger partial charge in [0.15, 0.2) is 10.8 Å². The normalized spacial score (nSPS) is 14.1. The molecular formula is C18H21F3N4OS. The van der Waals surface area contributed by atoms with Crippen LogP contribution in [0.3, 0.4) is 0 Å². The number of aryl methyl sites for hydroxylation is 1. The molecule has 5 nitrogen and oxygen atoms in total. The second kappa shape index (κ2) is 8.16. The Labute approximate surface area is 160 Å². The van der Waals surface area contributed by atoms with Gasteiger partial charge in [0.25, 0.3) is 0 Å². The number of rotatable bonds is 7. The smallest absolute Gasteiger partial charge is 0.435 e. The molecule has 0 spiro atoms. The molecule has 1 aliphatic rings. The van der Waals surface area contributed by atoms with Crippen molar-refractivity contribution in [1.82, 2.24) is 15.1 Å². The van der Waals surface area contributed by atoms with E-state index in [2.05, 4.69) is 15.7 Å². The van der Waals surface area contributed by atoms with Gasteiger partial charge in [0.05, 0.1) is 7.11 Å². The molecule has 0 aliphatic heterocycles. The second-order valence-electron chi connectivity index (χ2n) is 6.42. The Morgan fingerprint density at radius 3 is 2.78 bits per heavy atom. The number of anilines is 1. The van der Waals surface area contributed by atoms with Gasteiger partial charge in [-0.2, -0.15) is 18.3 Å². The summed E-state index contributed by atoms with van der Waals surface area (Å²) in [6.45, 7) is 0.942. The number of thiocarbonyl (C=S) groups is 1. The molecule has 9 heteroatoms. The molecule has 1 heterocycles. The largest absolute Gasteiger partial charge is 0.497 e. The van der Waals surface area contributed by atoms with Crippen LogP contribution < -0.4 is 15.4 Å². The molecule has 1 aromatic carbocycles. The fraction of sp³-hybridized carbons (Fsp3) is 0.444. The van der Waals surface area contributed by atoms with Crippen molar-refractivity contribution in [2.24, 2.45) is 0 Å². The van der Waals surface area contributed by atoms with E-state index in [-0.39, 0.29) is 5.92 Å². The molecule has 0 unspecified atom stereocenters. The fourth-order valence-corrected chi connectivity index (χ4v) is 2.98. The maximum absolute atomic E-state index is 12.9. The highest BCUT2D eigenvalue weighted by molar-refractivity contribution is 7.80. The van der Waals surface area contributed by atoms with Crippen molar-refractivity contribution in [3.05, 3.63) is 41.7 Å². The Morgan fingerprint density at radius 1 is 1.33 bits per heavy atom. The number of alkyl halides is 3. The first-order valence-corrected chi connectivity index (χ1v) is 9.11. The van der Waals surface area contributed by atoms with E-state index in [0.717, 1.165) is 24.3 Å². The van der Waals surface area contributed by atoms with Gasteiger partial charge < -0.3 is 15.4 Å². The van der Waals surface area contributed by atoms with E-state index in [1.807, 2.05) is 24.3 Å². The van der Waals surface area contributed by atoms with Crippen molar-refractivity contribution in [2.75, 3.05) is 19.0 Å². The quantitative estimate of drug-likeness (QED) is 0.542. The van der Waals surface area contributed by atoms with E-state index in [0.29, 0.717) is 30.3 Å². The molecule has 146 valence electrons. The van der Waals surface area contributed by atoms with E-state index in [1.54, 1.807) is 7.11 Å². The molecule has 2 aromatic rings. The number of nitrogens with zero attached hydrogens (tertiary/aromatic N) is 2. The second-order valence-corrected chi connectivity index (χ2v) is 6.82. The Kier molecular flexibility index (Phi) is 5.88. The van der Waals surface area contributed by atoms with Crippen molar-refractivity contribution in [3.8, 4) is 5.75 Å². The van der Waals surface area contributed by atoms with Gasteiger partial charge in [0.1, 0.15) is 5.75 Å². The van der Waals surface area contributed by atoms with Crippen LogP contribution in [-0.4, -0.2) is 28.5 Å². The summed E-state index contributed by atoms with van der Waals surface area (Å²) in [5, 5.41) is 10.3. The van der Waals surface area contributed by atoms with Gasteiger partial charge in [-0.3, -0.25) is 4.68 Å². The van der Waals surface area contributed by atoms with Crippen LogP contribution >= 0.6 is 12.2 Å². The molecule has 0 amide bonds. The summed E-state index contributed by atoms with van der Waals surface area (Å²) in [4.78, 5) is 0. The topological polar surface area (TPSA) is 51.1 Å². The maximum Gasteiger partial charge on any atom is 0.435 e. The average Bonchev–Trinajstić information content (AvgIpc) is 3.37. The third kappa shape index (κ3) is 5.35. The van der Waals surface area contributed by atoms with E-state index >= 15 is 0 Å². The van der Waals surface area contributed by atoms with Crippen LogP contribution in [0.15, 0.2) is 30.3 Å². The monoisotopic (exact) mass is 398 g/mol. The van der Waals surface area contributed by atoms with Gasteiger partial charge in [-0.1, -0.05) is 6.07 Å². The third-order valence-electron chi connectivity index (χ3n) is 4.26. The van der Waals surface area contributed by atoms with E-state index < -0.39 is 11.9 Å². The Hall–Kier alpha value is -2.29. The number of aromatic nitrogens is 2. The zero-order valence-corrected chi connectivity index (χ0v) is 15.7. The SMILES string of the molecule is COc1cccc(NC(=S)NCCCn2nc(C(F)(F)F)cc2C2CC2)c1. The molecule has 27 heavy (non-hydrogen) atoms. The summed E-state index contributed by atoms with van der Waals surface area (Å²) >= 11 is 5.24. The number of nitrogens with one attached hydrogen (secondary N) is 2. The number of methoxy groups -OCH3 is 1. The standard InChI is InChI=1S/C18H21F3N4OS/c1-26-14-5-2-4-13(10-14)23-17(27)22-8-3-9-25-15(12-6-7-12)11-16(24-25)18(19,20)21/h2,4-5,10-12H,3,6-9H2,1H3,(H2,22,23,27). The van der Waals surface area contributed by atoms with Crippen LogP contribution in [0.25, 0.3) is 0 Å². The van der Waals surface area contributed by atoms with Crippen molar-refractivity contribution in [2.45, 2.75) is 37.9 Å². The first-order valence-electron chi connectivity index (χ1n) is 8.70. The summed E-state index contributed by atoms with van der Waals surface area (Å²) in [5.41, 5.74) is 0.664. The molecule has 0 radical (unpaired) electrons. The lowest BCUT2D eigenvalue weighted by Gasteiger charge is -2.12. The minimum atomic E-state index is -4.41. The molecule has 1 saturated carbocycles. The number of hydrogen-bond acceptors (Lipinski definition) is 3. The van der Waals surface area contributed by atoms with E-state index in [1.165, 1.54) is 10.7 Å². The van der Waals surface area contributed by atoms with Crippen LogP contribution in [0.5, 0.6) is 5.75 Å². The van der Waals surface area contributed by atoms with Crippen molar-refractivity contribution < 1.29 is 17.9 Å². The predicted octanol–water partition coefficient (Wildman–Crippen LogP) is 4.16. The maximum atomic E-state index is 12.9. The molecule has 1 fully saturated rings. The van der Waals surface area contributed by atoms with E-state index in [4.69, 9.17) is 17.0 Å². The summed E-state index contributed by atoms with van der Waals surface area (Å²) in [5.74, 6) is 0.923. The first kappa shape index (κ1) is 19.5. The van der Waals surface area contributed by atoms with Gasteiger partial charge >= 0.3 is 6.18 Å². The summed E-state index contributed by atoms with van der Waals surface area (Å²) in [7, 11) is 1.59. The zero-order chi connectivity index (χ0) is 19.4. The Balaban J connectivity index is 1.48. The lowest BCUT2D eigenvalue weighted by Crippen LogP contribution is -2.29. The number of hydrogen-bond donors (Lipinski definition) is 2. The first-order chi connectivity index (χ1) is 12.9. The molecular weight excluding hydrogens is 377 g/mol. The Bertz CT molecular complexity index is 802. The minimum Gasteiger partial charge on any atom is -0.497 e. The fourth-order valence-electron chi connectivity index (χ4n) is 2.76. The minimum absolute atomic E-state index is 0.206. The third-order valence-corrected chi connectivity index (χ3v) is 4.50. The van der Waals surface area contributed by atoms with Crippen molar-refractivity contribution >= 4 is 23.0 Å². The van der Waals surface area contributed by atoms with Gasteiger partial charge in [-0.25, -0.2) is 0 Å². The van der Waals surface area contributed by atoms with Crippen molar-refractivity contribution in [1.29, 1.82) is 0 Å². The number of ether oxygens (including phenoxy) is 1. The molecule has 2 N–H and O–H groups in total. The average molecular weight is 398 g/mol. The molecule has 3 rings (SSSR count). The highest BCUT2D eigenvalue weighted by Gasteiger charge is 2.37.